The third kappa shape index (κ3) is 5.98. The van der Waals surface area contributed by atoms with Crippen molar-refractivity contribution >= 4 is 19.7 Å². The van der Waals surface area contributed by atoms with Crippen LogP contribution in [-0.4, -0.2) is 48.7 Å². The molecule has 0 aromatic carbocycles. The molecular formula is C12H24BN2O2. The van der Waals surface area contributed by atoms with Crippen LogP contribution in [0.5, 0.6) is 0 Å². The molecule has 0 aromatic rings. The van der Waals surface area contributed by atoms with Gasteiger partial charge in [-0.25, -0.2) is 0 Å². The molecule has 0 saturated heterocycles. The number of hydrogen-bond acceptors (Lipinski definition) is 4. The van der Waals surface area contributed by atoms with Gasteiger partial charge in [-0.05, 0) is 37.5 Å². The molecule has 97 valence electrons. The van der Waals surface area contributed by atoms with Gasteiger partial charge in [0, 0.05) is 0 Å². The van der Waals surface area contributed by atoms with E-state index in [0.29, 0.717) is 12.9 Å². The van der Waals surface area contributed by atoms with Crippen molar-refractivity contribution in [2.45, 2.75) is 45.4 Å². The third-order valence-corrected chi connectivity index (χ3v) is 3.26. The molecule has 1 unspecified atom stereocenters. The minimum Gasteiger partial charge on any atom is -0.394 e. The molecule has 17 heavy (non-hydrogen) atoms. The lowest BCUT2D eigenvalue weighted by Gasteiger charge is -2.37. The standard InChI is InChI=1S/C12H24BN2O2/c1-11(2,12(3,4)17)9-13-10(7-14)8-15-5-6-16/h7-8,10,14,16-17H,5-6,9H2,1-4H3. The predicted octanol–water partition coefficient (Wildman–Crippen LogP) is 1.41. The van der Waals surface area contributed by atoms with Crippen LogP contribution in [0.3, 0.4) is 0 Å². The zero-order valence-corrected chi connectivity index (χ0v) is 11.3. The van der Waals surface area contributed by atoms with Crippen molar-refractivity contribution in [3.8, 4) is 0 Å². The van der Waals surface area contributed by atoms with Gasteiger partial charge in [-0.2, -0.15) is 0 Å². The fourth-order valence-electron chi connectivity index (χ4n) is 1.11. The molecule has 0 fully saturated rings. The lowest BCUT2D eigenvalue weighted by Crippen LogP contribution is -2.39. The maximum absolute atomic E-state index is 10.0. The molecule has 0 rings (SSSR count). The van der Waals surface area contributed by atoms with Gasteiger partial charge in [0.1, 0.15) is 7.28 Å². The van der Waals surface area contributed by atoms with Crippen LogP contribution in [0.4, 0.5) is 0 Å². The summed E-state index contributed by atoms with van der Waals surface area (Å²) in [4.78, 5) is 4.00. The largest absolute Gasteiger partial charge is 0.394 e. The quantitative estimate of drug-likeness (QED) is 0.442. The first-order valence-corrected chi connectivity index (χ1v) is 5.91. The molecule has 1 atom stereocenters. The van der Waals surface area contributed by atoms with Gasteiger partial charge >= 0.3 is 0 Å². The zero-order valence-electron chi connectivity index (χ0n) is 11.3. The molecular weight excluding hydrogens is 215 g/mol. The smallest absolute Gasteiger partial charge is 0.128 e. The topological polar surface area (TPSA) is 76.7 Å². The molecule has 0 saturated carbocycles. The van der Waals surface area contributed by atoms with E-state index in [9.17, 15) is 5.11 Å². The molecule has 0 amide bonds. The number of aliphatic imine (C=N–C) groups is 1. The SMILES string of the molecule is CC(C)(O)C(C)(C)C[B]C(C=N)C=NCCO. The fraction of sp³-hybridized carbons (Fsp3) is 0.833. The first-order chi connectivity index (χ1) is 7.74. The van der Waals surface area contributed by atoms with Crippen LogP contribution in [0.2, 0.25) is 12.1 Å². The lowest BCUT2D eigenvalue weighted by atomic mass is 9.53. The average Bonchev–Trinajstić information content (AvgIpc) is 2.21. The molecule has 0 aliphatic heterocycles. The Labute approximate surface area is 105 Å². The van der Waals surface area contributed by atoms with Crippen molar-refractivity contribution in [2.75, 3.05) is 13.2 Å². The minimum atomic E-state index is -0.766. The molecule has 0 aliphatic rings. The first-order valence-electron chi connectivity index (χ1n) is 5.91. The van der Waals surface area contributed by atoms with Crippen molar-refractivity contribution in [3.05, 3.63) is 0 Å². The Hall–Kier alpha value is -0.675. The van der Waals surface area contributed by atoms with Crippen LogP contribution in [0.25, 0.3) is 0 Å². The molecule has 4 nitrogen and oxygen atoms in total. The van der Waals surface area contributed by atoms with Gasteiger partial charge in [-0.3, -0.25) is 4.99 Å². The average molecular weight is 239 g/mol. The van der Waals surface area contributed by atoms with E-state index < -0.39 is 5.60 Å². The van der Waals surface area contributed by atoms with Crippen molar-refractivity contribution in [2.24, 2.45) is 10.4 Å². The van der Waals surface area contributed by atoms with Gasteiger partial charge in [0.2, 0.25) is 0 Å². The van der Waals surface area contributed by atoms with Crippen LogP contribution >= 0.6 is 0 Å². The maximum atomic E-state index is 10.0. The molecule has 1 radical (unpaired) electrons. The van der Waals surface area contributed by atoms with Gasteiger partial charge in [-0.15, -0.1) is 0 Å². The second kappa shape index (κ2) is 6.92. The highest BCUT2D eigenvalue weighted by Crippen LogP contribution is 2.34. The van der Waals surface area contributed by atoms with E-state index >= 15 is 0 Å². The van der Waals surface area contributed by atoms with Crippen LogP contribution < -0.4 is 0 Å². The highest BCUT2D eigenvalue weighted by Gasteiger charge is 2.34. The van der Waals surface area contributed by atoms with Crippen LogP contribution in [-0.2, 0) is 0 Å². The summed E-state index contributed by atoms with van der Waals surface area (Å²) in [6.07, 6.45) is 3.66. The molecule has 0 aliphatic carbocycles. The van der Waals surface area contributed by atoms with E-state index in [-0.39, 0.29) is 17.8 Å². The van der Waals surface area contributed by atoms with E-state index in [1.807, 2.05) is 21.1 Å². The second-order valence-electron chi connectivity index (χ2n) is 5.41. The minimum absolute atomic E-state index is 0.0242. The monoisotopic (exact) mass is 239 g/mol. The number of aliphatic hydroxyl groups excluding tert-OH is 1. The summed E-state index contributed by atoms with van der Waals surface area (Å²) >= 11 is 0. The maximum Gasteiger partial charge on any atom is 0.128 e. The van der Waals surface area contributed by atoms with E-state index in [2.05, 4.69) is 4.99 Å². The summed E-state index contributed by atoms with van der Waals surface area (Å²) in [5.41, 5.74) is -1.02. The molecule has 5 heteroatoms. The third-order valence-electron chi connectivity index (χ3n) is 3.26. The molecule has 0 bridgehead atoms. The summed E-state index contributed by atoms with van der Waals surface area (Å²) in [5, 5.41) is 25.9. The Bertz CT molecular complexity index is 260. The van der Waals surface area contributed by atoms with E-state index in [1.165, 1.54) is 6.21 Å². The summed E-state index contributed by atoms with van der Waals surface area (Å²) in [6.45, 7) is 7.97. The Morgan fingerprint density at radius 1 is 1.35 bits per heavy atom. The van der Waals surface area contributed by atoms with Crippen molar-refractivity contribution in [3.63, 3.8) is 0 Å². The summed E-state index contributed by atoms with van der Waals surface area (Å²) in [6, 6.07) is 0. The van der Waals surface area contributed by atoms with Gasteiger partial charge in [0.25, 0.3) is 0 Å². The van der Waals surface area contributed by atoms with E-state index in [0.717, 1.165) is 0 Å². The second-order valence-corrected chi connectivity index (χ2v) is 5.41. The summed E-state index contributed by atoms with van der Waals surface area (Å²) < 4.78 is 0. The highest BCUT2D eigenvalue weighted by atomic mass is 16.3. The van der Waals surface area contributed by atoms with Gasteiger partial charge in [0.15, 0.2) is 0 Å². The van der Waals surface area contributed by atoms with Crippen LogP contribution in [0, 0.1) is 10.8 Å². The van der Waals surface area contributed by atoms with Crippen molar-refractivity contribution in [1.82, 2.24) is 0 Å². The molecule has 0 heterocycles. The Kier molecular flexibility index (Phi) is 6.64. The van der Waals surface area contributed by atoms with E-state index in [4.69, 9.17) is 10.5 Å². The van der Waals surface area contributed by atoms with Crippen LogP contribution in [0.1, 0.15) is 27.7 Å². The summed E-state index contributed by atoms with van der Waals surface area (Å²) in [7, 11) is 1.96. The van der Waals surface area contributed by atoms with Crippen LogP contribution in [0.15, 0.2) is 4.99 Å². The number of nitrogens with one attached hydrogen (secondary N) is 1. The Morgan fingerprint density at radius 3 is 2.35 bits per heavy atom. The van der Waals surface area contributed by atoms with Gasteiger partial charge in [0.05, 0.1) is 18.8 Å². The number of rotatable bonds is 8. The lowest BCUT2D eigenvalue weighted by molar-refractivity contribution is -0.0237. The normalized spacial score (nSPS) is 14.9. The molecule has 3 N–H and O–H groups in total. The fourth-order valence-corrected chi connectivity index (χ4v) is 1.11. The number of nitrogens with zero attached hydrogens (tertiary/aromatic N) is 1. The summed E-state index contributed by atoms with van der Waals surface area (Å²) in [5.74, 6) is -0.136. The number of hydrogen-bond donors (Lipinski definition) is 3. The predicted molar refractivity (Wildman–Crippen MR) is 73.6 cm³/mol. The van der Waals surface area contributed by atoms with E-state index in [1.54, 1.807) is 20.1 Å². The number of aliphatic hydroxyl groups is 2. The first kappa shape index (κ1) is 16.3. The van der Waals surface area contributed by atoms with Gasteiger partial charge in [-0.1, -0.05) is 20.2 Å². The Morgan fingerprint density at radius 2 is 1.94 bits per heavy atom. The highest BCUT2D eigenvalue weighted by molar-refractivity contribution is 6.48. The van der Waals surface area contributed by atoms with Crippen molar-refractivity contribution < 1.29 is 10.2 Å². The Balaban J connectivity index is 4.28. The molecule has 0 spiro atoms. The zero-order chi connectivity index (χ0) is 13.5. The molecule has 0 aromatic heterocycles. The van der Waals surface area contributed by atoms with Gasteiger partial charge < -0.3 is 15.6 Å². The van der Waals surface area contributed by atoms with Crippen molar-refractivity contribution in [1.29, 1.82) is 5.41 Å².